The Kier molecular flexibility index (Phi) is 2.60. The summed E-state index contributed by atoms with van der Waals surface area (Å²) in [4.78, 5) is 5.02. The highest BCUT2D eigenvalue weighted by Crippen LogP contribution is 2.33. The topological polar surface area (TPSA) is 59.1 Å². The minimum absolute atomic E-state index is 0.276. The van der Waals surface area contributed by atoms with Crippen molar-refractivity contribution in [1.29, 1.82) is 0 Å². The Bertz CT molecular complexity index is 425. The lowest BCUT2D eigenvalue weighted by atomic mass is 10.3. The van der Waals surface area contributed by atoms with Crippen molar-refractivity contribution in [3.63, 3.8) is 0 Å². The second-order valence-electron chi connectivity index (χ2n) is 2.61. The lowest BCUT2D eigenvalue weighted by Gasteiger charge is -1.97. The van der Waals surface area contributed by atoms with Crippen molar-refractivity contribution in [2.45, 2.75) is 9.10 Å². The average Bonchev–Trinajstić information content (AvgIpc) is 2.56. The number of hydrogen-bond donors (Lipinski definition) is 2. The lowest BCUT2D eigenvalue weighted by Crippen LogP contribution is -1.77. The van der Waals surface area contributed by atoms with Gasteiger partial charge >= 0.3 is 0 Å². The first-order chi connectivity index (χ1) is 6.74. The van der Waals surface area contributed by atoms with Crippen LogP contribution >= 0.6 is 23.1 Å². The molecule has 2 aromatic rings. The van der Waals surface area contributed by atoms with Crippen molar-refractivity contribution in [2.75, 3.05) is 5.73 Å². The molecule has 0 atom stereocenters. The van der Waals surface area contributed by atoms with Gasteiger partial charge in [-0.15, -0.1) is 0 Å². The molecule has 1 heterocycles. The van der Waals surface area contributed by atoms with Crippen molar-refractivity contribution in [3.8, 4) is 5.75 Å². The molecule has 3 nitrogen and oxygen atoms in total. The van der Waals surface area contributed by atoms with Crippen LogP contribution in [0.2, 0.25) is 0 Å². The van der Waals surface area contributed by atoms with E-state index in [0.717, 1.165) is 9.10 Å². The van der Waals surface area contributed by atoms with E-state index < -0.39 is 0 Å². The molecule has 0 aliphatic carbocycles. The first kappa shape index (κ1) is 9.36. The lowest BCUT2D eigenvalue weighted by molar-refractivity contribution is 0.475. The molecule has 0 fully saturated rings. The predicted molar refractivity (Wildman–Crippen MR) is 58.8 cm³/mol. The summed E-state index contributed by atoms with van der Waals surface area (Å²) in [6.45, 7) is 0. The van der Waals surface area contributed by atoms with E-state index in [2.05, 4.69) is 4.98 Å². The molecule has 3 N–H and O–H groups in total. The number of phenolic OH excluding ortho intramolecular Hbond substituents is 1. The Balaban J connectivity index is 2.15. The summed E-state index contributed by atoms with van der Waals surface area (Å²) in [5, 5.41) is 9.66. The first-order valence-electron chi connectivity index (χ1n) is 3.92. The summed E-state index contributed by atoms with van der Waals surface area (Å²) in [5.74, 6) is 0.276. The second kappa shape index (κ2) is 3.89. The maximum Gasteiger partial charge on any atom is 0.181 e. The molecule has 0 unspecified atom stereocenters. The third kappa shape index (κ3) is 2.18. The number of thiazole rings is 1. The third-order valence-corrected chi connectivity index (χ3v) is 3.49. The zero-order chi connectivity index (χ0) is 9.97. The van der Waals surface area contributed by atoms with Crippen LogP contribution in [0.1, 0.15) is 0 Å². The molecule has 0 spiro atoms. The Morgan fingerprint density at radius 2 is 2.00 bits per heavy atom. The zero-order valence-corrected chi connectivity index (χ0v) is 8.81. The number of aromatic hydroxyl groups is 1. The Labute approximate surface area is 89.6 Å². The molecule has 0 saturated heterocycles. The molecule has 0 radical (unpaired) electrons. The zero-order valence-electron chi connectivity index (χ0n) is 7.18. The van der Waals surface area contributed by atoms with Crippen molar-refractivity contribution in [3.05, 3.63) is 30.5 Å². The van der Waals surface area contributed by atoms with Crippen LogP contribution in [0.3, 0.4) is 0 Å². The number of rotatable bonds is 2. The summed E-state index contributed by atoms with van der Waals surface area (Å²) in [5.41, 5.74) is 5.51. The van der Waals surface area contributed by atoms with Crippen LogP contribution in [0.25, 0.3) is 0 Å². The van der Waals surface area contributed by atoms with Gasteiger partial charge in [0, 0.05) is 4.90 Å². The fourth-order valence-corrected chi connectivity index (χ4v) is 2.69. The van der Waals surface area contributed by atoms with Gasteiger partial charge in [-0.2, -0.15) is 0 Å². The number of benzene rings is 1. The fraction of sp³-hybridized carbons (Fsp3) is 0. The van der Waals surface area contributed by atoms with Crippen molar-refractivity contribution in [1.82, 2.24) is 4.98 Å². The number of aromatic nitrogens is 1. The largest absolute Gasteiger partial charge is 0.508 e. The normalized spacial score (nSPS) is 10.3. The maximum absolute atomic E-state index is 9.09. The number of anilines is 1. The number of nitrogens with two attached hydrogens (primary N) is 1. The Hall–Kier alpha value is -1.20. The standard InChI is InChI=1S/C9H8N2OS2/c10-9-11-5-8(14-9)13-7-3-1-6(12)2-4-7/h1-5,12H,(H2,10,11). The molecular weight excluding hydrogens is 216 g/mol. The van der Waals surface area contributed by atoms with Crippen LogP contribution in [-0.2, 0) is 0 Å². The Morgan fingerprint density at radius 1 is 1.29 bits per heavy atom. The molecule has 14 heavy (non-hydrogen) atoms. The quantitative estimate of drug-likeness (QED) is 0.823. The molecule has 0 aliphatic rings. The monoisotopic (exact) mass is 224 g/mol. The highest BCUT2D eigenvalue weighted by atomic mass is 32.2. The van der Waals surface area contributed by atoms with E-state index >= 15 is 0 Å². The summed E-state index contributed by atoms with van der Waals surface area (Å²) in [7, 11) is 0. The minimum atomic E-state index is 0.276. The van der Waals surface area contributed by atoms with E-state index in [4.69, 9.17) is 10.8 Å². The molecule has 0 amide bonds. The summed E-state index contributed by atoms with van der Waals surface area (Å²) in [6, 6.07) is 7.03. The predicted octanol–water partition coefficient (Wildman–Crippen LogP) is 2.58. The molecule has 72 valence electrons. The SMILES string of the molecule is Nc1ncc(Sc2ccc(O)cc2)s1. The van der Waals surface area contributed by atoms with E-state index in [1.807, 2.05) is 12.1 Å². The van der Waals surface area contributed by atoms with Gasteiger partial charge in [0.25, 0.3) is 0 Å². The van der Waals surface area contributed by atoms with E-state index in [-0.39, 0.29) is 5.75 Å². The summed E-state index contributed by atoms with van der Waals surface area (Å²) >= 11 is 3.04. The number of hydrogen-bond acceptors (Lipinski definition) is 5. The van der Waals surface area contributed by atoms with Gasteiger partial charge in [-0.3, -0.25) is 0 Å². The maximum atomic E-state index is 9.09. The van der Waals surface area contributed by atoms with Crippen LogP contribution in [-0.4, -0.2) is 10.1 Å². The highest BCUT2D eigenvalue weighted by molar-refractivity contribution is 8.01. The highest BCUT2D eigenvalue weighted by Gasteiger charge is 2.01. The van der Waals surface area contributed by atoms with Crippen LogP contribution in [0.5, 0.6) is 5.75 Å². The number of nitrogen functional groups attached to an aromatic ring is 1. The fourth-order valence-electron chi connectivity index (χ4n) is 0.950. The van der Waals surface area contributed by atoms with E-state index in [1.165, 1.54) is 11.3 Å². The minimum Gasteiger partial charge on any atom is -0.508 e. The molecule has 2 rings (SSSR count). The van der Waals surface area contributed by atoms with Gasteiger partial charge in [0.15, 0.2) is 5.13 Å². The van der Waals surface area contributed by atoms with Crippen molar-refractivity contribution in [2.24, 2.45) is 0 Å². The second-order valence-corrected chi connectivity index (χ2v) is 5.05. The van der Waals surface area contributed by atoms with Gasteiger partial charge in [-0.1, -0.05) is 23.1 Å². The van der Waals surface area contributed by atoms with Gasteiger partial charge in [0.1, 0.15) is 5.75 Å². The molecule has 0 saturated carbocycles. The van der Waals surface area contributed by atoms with Gasteiger partial charge in [0.05, 0.1) is 10.4 Å². The van der Waals surface area contributed by atoms with Crippen LogP contribution in [0.15, 0.2) is 39.6 Å². The molecule has 1 aromatic carbocycles. The first-order valence-corrected chi connectivity index (χ1v) is 5.55. The third-order valence-electron chi connectivity index (χ3n) is 1.56. The number of nitrogens with zero attached hydrogens (tertiary/aromatic N) is 1. The average molecular weight is 224 g/mol. The molecular formula is C9H8N2OS2. The van der Waals surface area contributed by atoms with Gasteiger partial charge in [0.2, 0.25) is 0 Å². The van der Waals surface area contributed by atoms with Crippen molar-refractivity contribution >= 4 is 28.2 Å². The van der Waals surface area contributed by atoms with Crippen LogP contribution in [0.4, 0.5) is 5.13 Å². The molecule has 5 heteroatoms. The van der Waals surface area contributed by atoms with Crippen LogP contribution < -0.4 is 5.73 Å². The molecule has 1 aromatic heterocycles. The smallest absolute Gasteiger partial charge is 0.181 e. The Morgan fingerprint density at radius 3 is 2.57 bits per heavy atom. The van der Waals surface area contributed by atoms with Gasteiger partial charge in [-0.25, -0.2) is 4.98 Å². The van der Waals surface area contributed by atoms with E-state index in [0.29, 0.717) is 5.13 Å². The van der Waals surface area contributed by atoms with Gasteiger partial charge < -0.3 is 10.8 Å². The van der Waals surface area contributed by atoms with Gasteiger partial charge in [-0.05, 0) is 24.3 Å². The van der Waals surface area contributed by atoms with E-state index in [9.17, 15) is 0 Å². The molecule has 0 bridgehead atoms. The summed E-state index contributed by atoms with van der Waals surface area (Å²) in [6.07, 6.45) is 1.75. The van der Waals surface area contributed by atoms with Crippen LogP contribution in [0, 0.1) is 0 Å². The van der Waals surface area contributed by atoms with Crippen molar-refractivity contribution < 1.29 is 5.11 Å². The summed E-state index contributed by atoms with van der Waals surface area (Å²) < 4.78 is 1.05. The van der Waals surface area contributed by atoms with E-state index in [1.54, 1.807) is 30.1 Å². The number of phenols is 1. The molecule has 0 aliphatic heterocycles.